The van der Waals surface area contributed by atoms with E-state index in [1.807, 2.05) is 24.3 Å². The maximum atomic E-state index is 11.6. The van der Waals surface area contributed by atoms with E-state index >= 15 is 0 Å². The quantitative estimate of drug-likeness (QED) is 0.797. The molecule has 0 aliphatic carbocycles. The molecule has 0 radical (unpaired) electrons. The van der Waals surface area contributed by atoms with Crippen molar-refractivity contribution in [1.29, 1.82) is 0 Å². The van der Waals surface area contributed by atoms with Gasteiger partial charge in [-0.15, -0.1) is 0 Å². The lowest BCUT2D eigenvalue weighted by Crippen LogP contribution is -2.38. The van der Waals surface area contributed by atoms with Gasteiger partial charge in [-0.1, -0.05) is 30.7 Å². The highest BCUT2D eigenvalue weighted by Gasteiger charge is 2.04. The Bertz CT molecular complexity index is 365. The van der Waals surface area contributed by atoms with Crippen molar-refractivity contribution in [3.63, 3.8) is 0 Å². The molecule has 3 nitrogen and oxygen atoms in total. The second-order valence-corrected chi connectivity index (χ2v) is 4.83. The van der Waals surface area contributed by atoms with Crippen LogP contribution in [0.1, 0.15) is 25.8 Å². The molecule has 2 N–H and O–H groups in total. The van der Waals surface area contributed by atoms with Gasteiger partial charge in [0.15, 0.2) is 0 Å². The fraction of sp³-hybridized carbons (Fsp3) is 0.500. The lowest BCUT2D eigenvalue weighted by atomic mass is 10.1. The molecule has 18 heavy (non-hydrogen) atoms. The summed E-state index contributed by atoms with van der Waals surface area (Å²) in [6.07, 6.45) is 1.26. The van der Waals surface area contributed by atoms with Crippen LogP contribution in [0, 0.1) is 0 Å². The molecule has 0 spiro atoms. The van der Waals surface area contributed by atoms with Crippen LogP contribution in [0.4, 0.5) is 0 Å². The third-order valence-electron chi connectivity index (χ3n) is 2.71. The van der Waals surface area contributed by atoms with Crippen LogP contribution in [-0.2, 0) is 11.2 Å². The number of carbonyl (C=O) groups is 1. The Morgan fingerprint density at radius 3 is 2.61 bits per heavy atom. The summed E-state index contributed by atoms with van der Waals surface area (Å²) in [5, 5.41) is 6.90. The zero-order valence-corrected chi connectivity index (χ0v) is 11.8. The summed E-state index contributed by atoms with van der Waals surface area (Å²) in [6.45, 7) is 5.71. The molecule has 0 aliphatic heterocycles. The number of rotatable bonds is 7. The van der Waals surface area contributed by atoms with E-state index in [2.05, 4.69) is 24.5 Å². The second kappa shape index (κ2) is 8.11. The zero-order valence-electron chi connectivity index (χ0n) is 11.0. The van der Waals surface area contributed by atoms with Crippen LogP contribution in [0.15, 0.2) is 24.3 Å². The molecular formula is C14H21ClN2O. The predicted octanol–water partition coefficient (Wildman–Crippen LogP) is 2.39. The number of carbonyl (C=O) groups excluding carboxylic acids is 1. The Hall–Kier alpha value is -1.06. The Balaban J connectivity index is 2.22. The molecule has 1 aromatic rings. The minimum atomic E-state index is 0.0923. The number of likely N-dealkylation sites (N-methyl/N-ethyl adjacent to an activating group) is 1. The Labute approximate surface area is 114 Å². The van der Waals surface area contributed by atoms with Crippen molar-refractivity contribution in [3.8, 4) is 0 Å². The molecule has 0 aliphatic rings. The molecule has 0 heterocycles. The monoisotopic (exact) mass is 268 g/mol. The molecule has 0 fully saturated rings. The SMILES string of the molecule is CCN[C@H](C)CNC(=O)CCc1ccc(Cl)cc1. The van der Waals surface area contributed by atoms with Gasteiger partial charge < -0.3 is 10.6 Å². The fourth-order valence-electron chi connectivity index (χ4n) is 1.68. The Kier molecular flexibility index (Phi) is 6.76. The average molecular weight is 269 g/mol. The number of hydrogen-bond donors (Lipinski definition) is 2. The summed E-state index contributed by atoms with van der Waals surface area (Å²) in [6, 6.07) is 7.92. The van der Waals surface area contributed by atoms with E-state index in [-0.39, 0.29) is 5.91 Å². The van der Waals surface area contributed by atoms with Gasteiger partial charge in [-0.3, -0.25) is 4.79 Å². The summed E-state index contributed by atoms with van der Waals surface area (Å²) < 4.78 is 0. The van der Waals surface area contributed by atoms with E-state index in [1.54, 1.807) is 0 Å². The van der Waals surface area contributed by atoms with Crippen molar-refractivity contribution in [1.82, 2.24) is 10.6 Å². The average Bonchev–Trinajstić information content (AvgIpc) is 2.36. The maximum Gasteiger partial charge on any atom is 0.220 e. The van der Waals surface area contributed by atoms with Crippen molar-refractivity contribution in [2.75, 3.05) is 13.1 Å². The van der Waals surface area contributed by atoms with Crippen molar-refractivity contribution in [2.45, 2.75) is 32.7 Å². The predicted molar refractivity (Wildman–Crippen MR) is 75.9 cm³/mol. The van der Waals surface area contributed by atoms with Crippen molar-refractivity contribution in [2.24, 2.45) is 0 Å². The second-order valence-electron chi connectivity index (χ2n) is 4.39. The molecule has 1 rings (SSSR count). The third-order valence-corrected chi connectivity index (χ3v) is 2.96. The van der Waals surface area contributed by atoms with E-state index in [0.29, 0.717) is 19.0 Å². The summed E-state index contributed by atoms with van der Waals surface area (Å²) >= 11 is 5.80. The van der Waals surface area contributed by atoms with Crippen LogP contribution < -0.4 is 10.6 Å². The first-order valence-corrected chi connectivity index (χ1v) is 6.74. The van der Waals surface area contributed by atoms with Gasteiger partial charge in [0, 0.05) is 24.0 Å². The van der Waals surface area contributed by atoms with Crippen molar-refractivity contribution >= 4 is 17.5 Å². The molecule has 1 atom stereocenters. The zero-order chi connectivity index (χ0) is 13.4. The van der Waals surface area contributed by atoms with Crippen LogP contribution in [0.3, 0.4) is 0 Å². The van der Waals surface area contributed by atoms with Crippen LogP contribution in [-0.4, -0.2) is 25.0 Å². The van der Waals surface area contributed by atoms with Gasteiger partial charge in [0.2, 0.25) is 5.91 Å². The number of hydrogen-bond acceptors (Lipinski definition) is 2. The highest BCUT2D eigenvalue weighted by molar-refractivity contribution is 6.30. The van der Waals surface area contributed by atoms with E-state index < -0.39 is 0 Å². The highest BCUT2D eigenvalue weighted by atomic mass is 35.5. The summed E-state index contributed by atoms with van der Waals surface area (Å²) in [4.78, 5) is 11.6. The van der Waals surface area contributed by atoms with Crippen LogP contribution in [0.25, 0.3) is 0 Å². The normalized spacial score (nSPS) is 12.2. The number of amides is 1. The third kappa shape index (κ3) is 6.03. The van der Waals surface area contributed by atoms with Gasteiger partial charge in [-0.05, 0) is 37.6 Å². The minimum absolute atomic E-state index is 0.0923. The molecule has 100 valence electrons. The largest absolute Gasteiger partial charge is 0.355 e. The fourth-order valence-corrected chi connectivity index (χ4v) is 1.81. The lowest BCUT2D eigenvalue weighted by molar-refractivity contribution is -0.121. The van der Waals surface area contributed by atoms with Gasteiger partial charge in [-0.25, -0.2) is 0 Å². The number of nitrogens with one attached hydrogen (secondary N) is 2. The number of aryl methyl sites for hydroxylation is 1. The molecule has 1 aromatic carbocycles. The Morgan fingerprint density at radius 1 is 1.33 bits per heavy atom. The smallest absolute Gasteiger partial charge is 0.220 e. The number of halogens is 1. The maximum absolute atomic E-state index is 11.6. The summed E-state index contributed by atoms with van der Waals surface area (Å²) in [5.74, 6) is 0.0923. The number of benzene rings is 1. The molecule has 4 heteroatoms. The summed E-state index contributed by atoms with van der Waals surface area (Å²) in [5.41, 5.74) is 1.13. The highest BCUT2D eigenvalue weighted by Crippen LogP contribution is 2.10. The van der Waals surface area contributed by atoms with Gasteiger partial charge in [0.1, 0.15) is 0 Å². The topological polar surface area (TPSA) is 41.1 Å². The summed E-state index contributed by atoms with van der Waals surface area (Å²) in [7, 11) is 0. The van der Waals surface area contributed by atoms with Crippen molar-refractivity contribution in [3.05, 3.63) is 34.9 Å². The van der Waals surface area contributed by atoms with E-state index in [4.69, 9.17) is 11.6 Å². The van der Waals surface area contributed by atoms with Gasteiger partial charge in [-0.2, -0.15) is 0 Å². The standard InChI is InChI=1S/C14H21ClN2O/c1-3-16-11(2)10-17-14(18)9-6-12-4-7-13(15)8-5-12/h4-5,7-8,11,16H,3,6,9-10H2,1-2H3,(H,17,18)/t11-/m1/s1. The Morgan fingerprint density at radius 2 is 2.00 bits per heavy atom. The van der Waals surface area contributed by atoms with Crippen LogP contribution in [0.5, 0.6) is 0 Å². The lowest BCUT2D eigenvalue weighted by Gasteiger charge is -2.13. The van der Waals surface area contributed by atoms with Gasteiger partial charge >= 0.3 is 0 Å². The molecule has 0 bridgehead atoms. The molecular weight excluding hydrogens is 248 g/mol. The minimum Gasteiger partial charge on any atom is -0.355 e. The van der Waals surface area contributed by atoms with Crippen LogP contribution >= 0.6 is 11.6 Å². The first-order chi connectivity index (χ1) is 8.61. The first-order valence-electron chi connectivity index (χ1n) is 6.36. The van der Waals surface area contributed by atoms with Gasteiger partial charge in [0.05, 0.1) is 0 Å². The van der Waals surface area contributed by atoms with Gasteiger partial charge in [0.25, 0.3) is 0 Å². The molecule has 0 aromatic heterocycles. The molecule has 0 saturated carbocycles. The first kappa shape index (κ1) is 15.0. The molecule has 0 saturated heterocycles. The van der Waals surface area contributed by atoms with E-state index in [9.17, 15) is 4.79 Å². The van der Waals surface area contributed by atoms with E-state index in [1.165, 1.54) is 0 Å². The van der Waals surface area contributed by atoms with Crippen molar-refractivity contribution < 1.29 is 4.79 Å². The van der Waals surface area contributed by atoms with Crippen LogP contribution in [0.2, 0.25) is 5.02 Å². The molecule has 0 unspecified atom stereocenters. The molecule has 1 amide bonds. The van der Waals surface area contributed by atoms with E-state index in [0.717, 1.165) is 23.6 Å².